The normalized spacial score (nSPS) is 14.1. The molecule has 0 fully saturated rings. The van der Waals surface area contributed by atoms with Crippen LogP contribution < -0.4 is 11.1 Å². The summed E-state index contributed by atoms with van der Waals surface area (Å²) in [6.07, 6.45) is 1.22. The van der Waals surface area contributed by atoms with Gasteiger partial charge in [-0.3, -0.25) is 4.79 Å². The van der Waals surface area contributed by atoms with Crippen LogP contribution in [0.2, 0.25) is 0 Å². The number of hydrogen-bond donors (Lipinski definition) is 3. The number of carbonyl (C=O) groups excluding carboxylic acids is 1. The Morgan fingerprint density at radius 3 is 2.40 bits per heavy atom. The van der Waals surface area contributed by atoms with Gasteiger partial charge in [-0.2, -0.15) is 0 Å². The first-order valence-electron chi connectivity index (χ1n) is 5.48. The number of aliphatic hydroxyl groups is 1. The molecule has 0 aliphatic heterocycles. The third kappa shape index (κ3) is 8.39. The van der Waals surface area contributed by atoms with Crippen molar-refractivity contribution < 1.29 is 9.90 Å². The van der Waals surface area contributed by atoms with E-state index in [9.17, 15) is 9.90 Å². The van der Waals surface area contributed by atoms with E-state index in [1.807, 2.05) is 13.8 Å². The van der Waals surface area contributed by atoms with Crippen molar-refractivity contribution in [3.05, 3.63) is 0 Å². The summed E-state index contributed by atoms with van der Waals surface area (Å²) in [7, 11) is 0. The van der Waals surface area contributed by atoms with Crippen molar-refractivity contribution in [2.75, 3.05) is 6.54 Å². The Hall–Kier alpha value is -0.610. The van der Waals surface area contributed by atoms with Gasteiger partial charge in [-0.15, -0.1) is 0 Å². The highest BCUT2D eigenvalue weighted by atomic mass is 16.3. The largest absolute Gasteiger partial charge is 0.390 e. The molecule has 90 valence electrons. The van der Waals surface area contributed by atoms with E-state index < -0.39 is 11.6 Å². The molecule has 0 radical (unpaired) electrons. The zero-order chi connectivity index (χ0) is 12.1. The van der Waals surface area contributed by atoms with Crippen molar-refractivity contribution in [2.45, 2.75) is 52.2 Å². The number of nitrogens with two attached hydrogens (primary N) is 1. The molecule has 0 aromatic rings. The van der Waals surface area contributed by atoms with Gasteiger partial charge in [0.1, 0.15) is 0 Å². The van der Waals surface area contributed by atoms with E-state index in [0.29, 0.717) is 25.3 Å². The van der Waals surface area contributed by atoms with Gasteiger partial charge >= 0.3 is 0 Å². The zero-order valence-corrected chi connectivity index (χ0v) is 10.2. The van der Waals surface area contributed by atoms with Crippen molar-refractivity contribution in [1.29, 1.82) is 0 Å². The summed E-state index contributed by atoms with van der Waals surface area (Å²) in [5, 5.41) is 12.2. The Kier molecular flexibility index (Phi) is 5.83. The van der Waals surface area contributed by atoms with Crippen LogP contribution in [0.15, 0.2) is 0 Å². The van der Waals surface area contributed by atoms with Gasteiger partial charge in [-0.05, 0) is 32.6 Å². The van der Waals surface area contributed by atoms with E-state index in [-0.39, 0.29) is 5.91 Å². The van der Waals surface area contributed by atoms with Gasteiger partial charge in [-0.25, -0.2) is 0 Å². The molecule has 1 atom stereocenters. The van der Waals surface area contributed by atoms with Crippen LogP contribution in [0.4, 0.5) is 0 Å². The molecule has 4 N–H and O–H groups in total. The third-order valence-corrected chi connectivity index (χ3v) is 2.10. The third-order valence-electron chi connectivity index (χ3n) is 2.10. The topological polar surface area (TPSA) is 75.4 Å². The fourth-order valence-corrected chi connectivity index (χ4v) is 1.24. The summed E-state index contributed by atoms with van der Waals surface area (Å²) in [4.78, 5) is 11.4. The SMILES string of the molecule is CC(C)CC(N)C(=O)NCCC(C)(C)O. The minimum Gasteiger partial charge on any atom is -0.390 e. The molecule has 0 saturated carbocycles. The number of carbonyl (C=O) groups is 1. The van der Waals surface area contributed by atoms with Gasteiger partial charge in [0.25, 0.3) is 0 Å². The Labute approximate surface area is 92.2 Å². The molecule has 0 bridgehead atoms. The lowest BCUT2D eigenvalue weighted by Gasteiger charge is -2.18. The minimum atomic E-state index is -0.741. The molecule has 0 saturated heterocycles. The monoisotopic (exact) mass is 216 g/mol. The molecule has 0 aromatic heterocycles. The zero-order valence-electron chi connectivity index (χ0n) is 10.2. The van der Waals surface area contributed by atoms with Crippen molar-refractivity contribution in [1.82, 2.24) is 5.32 Å². The van der Waals surface area contributed by atoms with Gasteiger partial charge in [0.15, 0.2) is 0 Å². The minimum absolute atomic E-state index is 0.132. The highest BCUT2D eigenvalue weighted by Gasteiger charge is 2.16. The predicted molar refractivity (Wildman–Crippen MR) is 61.4 cm³/mol. The summed E-state index contributed by atoms with van der Waals surface area (Å²) >= 11 is 0. The first kappa shape index (κ1) is 14.4. The van der Waals surface area contributed by atoms with Gasteiger partial charge in [0.2, 0.25) is 5.91 Å². The fourth-order valence-electron chi connectivity index (χ4n) is 1.24. The van der Waals surface area contributed by atoms with Crippen LogP contribution in [0, 0.1) is 5.92 Å². The van der Waals surface area contributed by atoms with Crippen molar-refractivity contribution >= 4 is 5.91 Å². The number of hydrogen-bond acceptors (Lipinski definition) is 3. The van der Waals surface area contributed by atoms with E-state index in [1.54, 1.807) is 13.8 Å². The molecule has 15 heavy (non-hydrogen) atoms. The molecule has 1 unspecified atom stereocenters. The maximum Gasteiger partial charge on any atom is 0.236 e. The average molecular weight is 216 g/mol. The maximum absolute atomic E-state index is 11.4. The highest BCUT2D eigenvalue weighted by Crippen LogP contribution is 2.06. The summed E-state index contributed by atoms with van der Waals surface area (Å²) in [6.45, 7) is 7.96. The molecule has 0 heterocycles. The van der Waals surface area contributed by atoms with Gasteiger partial charge in [0.05, 0.1) is 11.6 Å². The van der Waals surface area contributed by atoms with Crippen LogP contribution in [0.25, 0.3) is 0 Å². The first-order valence-corrected chi connectivity index (χ1v) is 5.48. The van der Waals surface area contributed by atoms with E-state index in [2.05, 4.69) is 5.32 Å². The smallest absolute Gasteiger partial charge is 0.236 e. The van der Waals surface area contributed by atoms with Crippen molar-refractivity contribution in [2.24, 2.45) is 11.7 Å². The maximum atomic E-state index is 11.4. The van der Waals surface area contributed by atoms with E-state index >= 15 is 0 Å². The van der Waals surface area contributed by atoms with Crippen LogP contribution in [-0.2, 0) is 4.79 Å². The molecule has 0 aliphatic carbocycles. The van der Waals surface area contributed by atoms with Crippen LogP contribution in [-0.4, -0.2) is 29.2 Å². The van der Waals surface area contributed by atoms with Crippen LogP contribution in [0.3, 0.4) is 0 Å². The quantitative estimate of drug-likeness (QED) is 0.610. The van der Waals surface area contributed by atoms with Crippen molar-refractivity contribution in [3.8, 4) is 0 Å². The second-order valence-corrected chi connectivity index (χ2v) is 5.09. The number of rotatable bonds is 6. The Morgan fingerprint density at radius 1 is 1.47 bits per heavy atom. The second kappa shape index (κ2) is 6.08. The number of nitrogens with one attached hydrogen (secondary N) is 1. The molecule has 1 amide bonds. The Morgan fingerprint density at radius 2 is 2.00 bits per heavy atom. The van der Waals surface area contributed by atoms with Gasteiger partial charge in [0, 0.05) is 6.54 Å². The van der Waals surface area contributed by atoms with Crippen LogP contribution in [0.1, 0.15) is 40.5 Å². The fraction of sp³-hybridized carbons (Fsp3) is 0.909. The lowest BCUT2D eigenvalue weighted by molar-refractivity contribution is -0.122. The Balaban J connectivity index is 3.74. The summed E-state index contributed by atoms with van der Waals surface area (Å²) in [5.74, 6) is 0.285. The van der Waals surface area contributed by atoms with Crippen molar-refractivity contribution in [3.63, 3.8) is 0 Å². The highest BCUT2D eigenvalue weighted by molar-refractivity contribution is 5.81. The summed E-state index contributed by atoms with van der Waals surface area (Å²) in [5.41, 5.74) is 4.95. The molecular formula is C11H24N2O2. The first-order chi connectivity index (χ1) is 6.72. The lowest BCUT2D eigenvalue weighted by Crippen LogP contribution is -2.42. The molecule has 0 rings (SSSR count). The molecule has 0 aromatic carbocycles. The standard InChI is InChI=1S/C11H24N2O2/c1-8(2)7-9(12)10(14)13-6-5-11(3,4)15/h8-9,15H,5-7,12H2,1-4H3,(H,13,14). The van der Waals surface area contributed by atoms with Gasteiger partial charge < -0.3 is 16.2 Å². The lowest BCUT2D eigenvalue weighted by atomic mass is 10.0. The molecule has 4 heteroatoms. The van der Waals surface area contributed by atoms with E-state index in [1.165, 1.54) is 0 Å². The Bertz CT molecular complexity index is 197. The predicted octanol–water partition coefficient (Wildman–Crippen LogP) is 0.637. The van der Waals surface area contributed by atoms with Crippen LogP contribution >= 0.6 is 0 Å². The average Bonchev–Trinajstić information content (AvgIpc) is 2.00. The molecule has 0 aliphatic rings. The van der Waals surface area contributed by atoms with E-state index in [4.69, 9.17) is 5.73 Å². The summed E-state index contributed by atoms with van der Waals surface area (Å²) in [6, 6.07) is -0.438. The van der Waals surface area contributed by atoms with Crippen LogP contribution in [0.5, 0.6) is 0 Å². The summed E-state index contributed by atoms with van der Waals surface area (Å²) < 4.78 is 0. The molecular weight excluding hydrogens is 192 g/mol. The van der Waals surface area contributed by atoms with E-state index in [0.717, 1.165) is 0 Å². The molecule has 0 spiro atoms. The number of amides is 1. The van der Waals surface area contributed by atoms with Gasteiger partial charge in [-0.1, -0.05) is 13.8 Å². The molecule has 4 nitrogen and oxygen atoms in total. The second-order valence-electron chi connectivity index (χ2n) is 5.09.